The Morgan fingerprint density at radius 2 is 0.664 bits per heavy atom. The zero-order valence-corrected chi connectivity index (χ0v) is 65.3. The van der Waals surface area contributed by atoms with Crippen LogP contribution in [0.25, 0.3) is 39.9 Å². The Balaban J connectivity index is 0.000000113. The van der Waals surface area contributed by atoms with Crippen molar-refractivity contribution in [1.82, 2.24) is 104 Å². The Hall–Kier alpha value is -13.6. The maximum atomic E-state index is 14.8. The van der Waals surface area contributed by atoms with E-state index in [0.717, 1.165) is 73.6 Å². The third-order valence-corrected chi connectivity index (χ3v) is 23.3. The molecule has 29 nitrogen and oxygen atoms in total. The van der Waals surface area contributed by atoms with Crippen LogP contribution in [-0.4, -0.2) is 203 Å². The molecule has 4 aliphatic heterocycles. The number of aryl methyl sites for hydroxylation is 4. The van der Waals surface area contributed by atoms with Crippen LogP contribution < -0.4 is 21.3 Å². The average Bonchev–Trinajstić information content (AvgIpc) is 1.65. The molecule has 12 unspecified atom stereocenters. The molecule has 4 aromatic carbocycles. The zero-order valence-electron chi connectivity index (χ0n) is 65.3. The van der Waals surface area contributed by atoms with Gasteiger partial charge in [0, 0.05) is 154 Å². The number of hydrogen-bond donors (Lipinski definition) is 4. The van der Waals surface area contributed by atoms with Crippen molar-refractivity contribution in [2.45, 2.75) is 127 Å². The summed E-state index contributed by atoms with van der Waals surface area (Å²) in [4.78, 5) is 122. The second-order valence-corrected chi connectivity index (χ2v) is 31.5. The Labute approximate surface area is 681 Å². The van der Waals surface area contributed by atoms with E-state index in [-0.39, 0.29) is 83.1 Å². The SMILES string of the molecule is Cc1cnc(NC2CC3CC2N(C(=O)c2c(F)cccc2-c2ncccn2)C3)nc1.Cc1cnc(NC2CC3CC2N(C(=O)c2c(F)cccc2-n2nccn2)C3)nc1.Cc1cnc(NC2CC3CC2N(C(=O)c2cc(F)ccc2-c2ncccn2)C3)nc1.Cc1cnc(NC2CC3CC2N(C(=O)c2ccc(F)cc2-c2ncccn2)C3)nc1. The van der Waals surface area contributed by atoms with Crippen LogP contribution in [0.2, 0.25) is 0 Å². The molecule has 12 aromatic rings. The van der Waals surface area contributed by atoms with Crippen LogP contribution in [0.3, 0.4) is 0 Å². The Bertz CT molecular complexity index is 5610. The highest BCUT2D eigenvalue weighted by Crippen LogP contribution is 2.45. The van der Waals surface area contributed by atoms with E-state index in [4.69, 9.17) is 0 Å². The maximum absolute atomic E-state index is 14.8. The standard InChI is InChI=1S/3C22H21FN6O.C20H20FN7O/c1-13-10-26-22(27-11-13)28-18-7-14-8-19(18)29(12-14)21(30)16-4-3-15(23)9-17(16)20-24-5-2-6-25-20;1-13-10-26-22(27-11-13)28-18-7-14-8-19(18)29(12-14)21(30)17-9-15(23)3-4-16(17)20-24-5-2-6-25-20;1-13-10-26-22(27-11-13)28-17-8-14-9-18(17)29(12-14)21(30)19-15(4-2-5-16(19)23)20-24-6-3-7-25-20;1-12-9-22-20(23-10-12)26-15-7-13-8-17(15)27(11-13)19(29)18-14(21)3-2-4-16(18)28-24-5-6-25-28/h2*2-6,9-11,14,18-19H,7-8,12H2,1H3,(H,26,27,28);2-7,10-11,14,17-18H,8-9,12H2,1H3,(H,26,27,28);2-6,9-10,13,15,17H,7-8,11H2,1H3,(H,22,23,26). The first-order chi connectivity index (χ1) is 57.9. The fourth-order valence-corrected chi connectivity index (χ4v) is 18.0. The third-order valence-electron chi connectivity index (χ3n) is 23.3. The van der Waals surface area contributed by atoms with Crippen LogP contribution in [0.15, 0.2) is 190 Å². The number of nitrogens with zero attached hydrogens (tertiary/aromatic N) is 21. The Morgan fingerprint density at radius 1 is 0.328 bits per heavy atom. The van der Waals surface area contributed by atoms with Crippen LogP contribution in [0, 0.1) is 74.6 Å². The zero-order chi connectivity index (χ0) is 82.0. The van der Waals surface area contributed by atoms with Gasteiger partial charge in [-0.1, -0.05) is 18.2 Å². The second kappa shape index (κ2) is 33.9. The molecule has 0 radical (unpaired) electrons. The van der Waals surface area contributed by atoms with Gasteiger partial charge >= 0.3 is 0 Å². The highest BCUT2D eigenvalue weighted by atomic mass is 19.1. The van der Waals surface area contributed by atoms with Gasteiger partial charge in [-0.2, -0.15) is 15.0 Å². The molecule has 8 aliphatic rings. The van der Waals surface area contributed by atoms with Gasteiger partial charge in [-0.15, -0.1) is 0 Å². The number of amides is 4. The van der Waals surface area contributed by atoms with Gasteiger partial charge in [0.2, 0.25) is 23.8 Å². The summed E-state index contributed by atoms with van der Waals surface area (Å²) in [6.45, 7) is 10.4. The van der Waals surface area contributed by atoms with E-state index in [2.05, 4.69) is 101 Å². The molecule has 4 aliphatic carbocycles. The largest absolute Gasteiger partial charge is 0.349 e. The minimum Gasteiger partial charge on any atom is -0.349 e. The van der Waals surface area contributed by atoms with Crippen LogP contribution in [0.5, 0.6) is 0 Å². The molecule has 4 amide bonds. The predicted molar refractivity (Wildman–Crippen MR) is 431 cm³/mol. The lowest BCUT2D eigenvalue weighted by molar-refractivity contribution is 0.0680. The van der Waals surface area contributed by atoms with E-state index < -0.39 is 23.3 Å². The monoisotopic (exact) mass is 1610 g/mol. The molecule has 604 valence electrons. The van der Waals surface area contributed by atoms with Gasteiger partial charge in [-0.05, 0) is 198 Å². The maximum Gasteiger partial charge on any atom is 0.259 e. The first-order valence-electron chi connectivity index (χ1n) is 39.7. The van der Waals surface area contributed by atoms with Gasteiger partial charge in [0.15, 0.2) is 17.5 Å². The van der Waals surface area contributed by atoms with Crippen LogP contribution in [0.1, 0.15) is 115 Å². The first kappa shape index (κ1) is 77.9. The van der Waals surface area contributed by atoms with Crippen LogP contribution in [0.4, 0.5) is 41.4 Å². The molecule has 4 saturated carbocycles. The number of hydrogen-bond acceptors (Lipinski definition) is 24. The number of likely N-dealkylation sites (tertiary alicyclic amines) is 4. The number of halogens is 4. The predicted octanol–water partition coefficient (Wildman–Crippen LogP) is 11.5. The topological polar surface area (TPSA) is 341 Å². The molecule has 33 heteroatoms. The van der Waals surface area contributed by atoms with E-state index >= 15 is 0 Å². The molecular formula is C86H83F4N25O4. The van der Waals surface area contributed by atoms with Crippen molar-refractivity contribution in [3.05, 3.63) is 258 Å². The summed E-state index contributed by atoms with van der Waals surface area (Å²) >= 11 is 0. The first-order valence-corrected chi connectivity index (χ1v) is 39.7. The summed E-state index contributed by atoms with van der Waals surface area (Å²) < 4.78 is 57.5. The summed E-state index contributed by atoms with van der Waals surface area (Å²) in [5, 5.41) is 21.6. The number of nitrogens with one attached hydrogen (secondary N) is 4. The molecule has 20 rings (SSSR count). The Morgan fingerprint density at radius 3 is 1.07 bits per heavy atom. The summed E-state index contributed by atoms with van der Waals surface area (Å²) in [5.74, 6) is 1.95. The van der Waals surface area contributed by atoms with Crippen molar-refractivity contribution < 1.29 is 36.7 Å². The minimum atomic E-state index is -0.570. The molecule has 8 fully saturated rings. The lowest BCUT2D eigenvalue weighted by atomic mass is 10.0. The van der Waals surface area contributed by atoms with Crippen molar-refractivity contribution in [2.24, 2.45) is 23.7 Å². The number of benzene rings is 4. The number of fused-ring (bicyclic) bond motifs is 8. The Kier molecular flexibility index (Phi) is 22.2. The lowest BCUT2D eigenvalue weighted by Gasteiger charge is -2.34. The van der Waals surface area contributed by atoms with Crippen molar-refractivity contribution in [3.63, 3.8) is 0 Å². The highest BCUT2D eigenvalue weighted by Gasteiger charge is 2.52. The van der Waals surface area contributed by atoms with E-state index in [1.807, 2.05) is 37.5 Å². The number of carbonyl (C=O) groups excluding carboxylic acids is 4. The summed E-state index contributed by atoms with van der Waals surface area (Å²) in [6.07, 6.45) is 34.1. The van der Waals surface area contributed by atoms with Gasteiger partial charge in [0.1, 0.15) is 34.5 Å². The van der Waals surface area contributed by atoms with Crippen molar-refractivity contribution in [3.8, 4) is 39.9 Å². The van der Waals surface area contributed by atoms with Gasteiger partial charge in [0.05, 0.1) is 53.3 Å². The van der Waals surface area contributed by atoms with Crippen molar-refractivity contribution >= 4 is 47.4 Å². The van der Waals surface area contributed by atoms with Crippen molar-refractivity contribution in [1.29, 1.82) is 0 Å². The fourth-order valence-electron chi connectivity index (χ4n) is 18.0. The smallest absolute Gasteiger partial charge is 0.259 e. The van der Waals surface area contributed by atoms with E-state index in [1.54, 1.807) is 145 Å². The fraction of sp³-hybridized carbons (Fsp3) is 0.326. The number of carbonyl (C=O) groups is 4. The van der Waals surface area contributed by atoms with Crippen LogP contribution in [-0.2, 0) is 0 Å². The molecule has 0 spiro atoms. The van der Waals surface area contributed by atoms with Crippen LogP contribution >= 0.6 is 0 Å². The molecule has 12 atom stereocenters. The second-order valence-electron chi connectivity index (χ2n) is 31.5. The quantitative estimate of drug-likeness (QED) is 0.0653. The normalized spacial score (nSPS) is 22.5. The summed E-state index contributed by atoms with van der Waals surface area (Å²) in [7, 11) is 0. The summed E-state index contributed by atoms with van der Waals surface area (Å²) in [5.41, 5.74) is 6.40. The van der Waals surface area contributed by atoms with Gasteiger partial charge in [-0.25, -0.2) is 87.3 Å². The molecule has 8 aromatic heterocycles. The third kappa shape index (κ3) is 16.8. The van der Waals surface area contributed by atoms with E-state index in [0.29, 0.717) is 125 Å². The highest BCUT2D eigenvalue weighted by molar-refractivity contribution is 6.03. The van der Waals surface area contributed by atoms with Gasteiger partial charge in [0.25, 0.3) is 23.6 Å². The molecule has 4 saturated heterocycles. The minimum absolute atomic E-state index is 0.00147. The van der Waals surface area contributed by atoms with Crippen molar-refractivity contribution in [2.75, 3.05) is 47.4 Å². The molecule has 12 heterocycles. The van der Waals surface area contributed by atoms with Gasteiger partial charge in [-0.3, -0.25) is 19.2 Å². The lowest BCUT2D eigenvalue weighted by Crippen LogP contribution is -2.48. The number of piperidine rings is 4. The molecule has 8 bridgehead atoms. The number of anilines is 4. The van der Waals surface area contributed by atoms with E-state index in [1.165, 1.54) is 59.7 Å². The van der Waals surface area contributed by atoms with E-state index in [9.17, 15) is 36.7 Å². The molecular weight excluding hydrogens is 1520 g/mol. The molecule has 119 heavy (non-hydrogen) atoms. The average molecular weight is 1610 g/mol. The number of rotatable bonds is 16. The molecule has 4 N–H and O–H groups in total. The van der Waals surface area contributed by atoms with Gasteiger partial charge < -0.3 is 40.9 Å². The summed E-state index contributed by atoms with van der Waals surface area (Å²) in [6, 6.07) is 22.7. The number of aromatic nitrogens is 17.